The normalized spacial score (nSPS) is 24.2. The molecule has 0 aromatic rings. The van der Waals surface area contributed by atoms with Crippen molar-refractivity contribution in [3.63, 3.8) is 0 Å². The van der Waals surface area contributed by atoms with E-state index < -0.39 is 0 Å². The van der Waals surface area contributed by atoms with Crippen molar-refractivity contribution in [2.75, 3.05) is 32.8 Å². The highest BCUT2D eigenvalue weighted by atomic mass is 16.5. The summed E-state index contributed by atoms with van der Waals surface area (Å²) >= 11 is 0. The minimum absolute atomic E-state index is 0.334. The van der Waals surface area contributed by atoms with Crippen LogP contribution in [0.3, 0.4) is 0 Å². The van der Waals surface area contributed by atoms with Crippen LogP contribution in [0, 0.1) is 0 Å². The summed E-state index contributed by atoms with van der Waals surface area (Å²) in [4.78, 5) is 12.2. The van der Waals surface area contributed by atoms with Crippen LogP contribution in [-0.4, -0.2) is 50.3 Å². The third kappa shape index (κ3) is 4.24. The van der Waals surface area contributed by atoms with E-state index >= 15 is 0 Å². The predicted octanol–water partition coefficient (Wildman–Crippen LogP) is 0.270. The fraction of sp³-hybridized carbons (Fsp3) is 0.889. The molecule has 0 aromatic carbocycles. The first kappa shape index (κ1) is 10.5. The molecule has 0 spiro atoms. The largest absolute Gasteiger partial charge is 0.468 e. The van der Waals surface area contributed by atoms with E-state index in [-0.39, 0.29) is 0 Å². The van der Waals surface area contributed by atoms with Gasteiger partial charge in [-0.1, -0.05) is 0 Å². The molecule has 0 amide bonds. The summed E-state index contributed by atoms with van der Waals surface area (Å²) in [5, 5.41) is 0. The summed E-state index contributed by atoms with van der Waals surface area (Å²) in [6, 6.07) is 0. The van der Waals surface area contributed by atoms with Gasteiger partial charge in [0.05, 0.1) is 19.3 Å². The lowest BCUT2D eigenvalue weighted by atomic mass is 10.3. The molecule has 1 aliphatic rings. The van der Waals surface area contributed by atoms with Gasteiger partial charge < -0.3 is 9.47 Å². The first-order valence-electron chi connectivity index (χ1n) is 4.72. The average Bonchev–Trinajstić information content (AvgIpc) is 2.13. The molecule has 1 unspecified atom stereocenters. The van der Waals surface area contributed by atoms with Crippen LogP contribution in [0.15, 0.2) is 0 Å². The molecular formula is C9H17NO3. The SMILES string of the molecule is CC1CN(CCCOC=O)CCO1. The van der Waals surface area contributed by atoms with Gasteiger partial charge in [0, 0.05) is 19.6 Å². The van der Waals surface area contributed by atoms with E-state index in [0.29, 0.717) is 19.2 Å². The van der Waals surface area contributed by atoms with Gasteiger partial charge in [-0.05, 0) is 13.3 Å². The van der Waals surface area contributed by atoms with Gasteiger partial charge in [0.25, 0.3) is 6.47 Å². The molecule has 1 aliphatic heterocycles. The number of nitrogens with zero attached hydrogens (tertiary/aromatic N) is 1. The van der Waals surface area contributed by atoms with Gasteiger partial charge in [-0.25, -0.2) is 0 Å². The van der Waals surface area contributed by atoms with Crippen LogP contribution in [0.4, 0.5) is 0 Å². The summed E-state index contributed by atoms with van der Waals surface area (Å²) in [7, 11) is 0. The lowest BCUT2D eigenvalue weighted by Gasteiger charge is -2.30. The maximum atomic E-state index is 9.85. The van der Waals surface area contributed by atoms with Gasteiger partial charge in [-0.2, -0.15) is 0 Å². The lowest BCUT2D eigenvalue weighted by Crippen LogP contribution is -2.41. The quantitative estimate of drug-likeness (QED) is 0.457. The number of ether oxygens (including phenoxy) is 2. The van der Waals surface area contributed by atoms with Crippen LogP contribution in [0.2, 0.25) is 0 Å². The second-order valence-electron chi connectivity index (χ2n) is 3.30. The summed E-state index contributed by atoms with van der Waals surface area (Å²) in [6.45, 7) is 6.88. The third-order valence-corrected chi connectivity index (χ3v) is 2.13. The number of carbonyl (C=O) groups is 1. The zero-order valence-corrected chi connectivity index (χ0v) is 8.07. The van der Waals surface area contributed by atoms with Crippen molar-refractivity contribution in [3.05, 3.63) is 0 Å². The topological polar surface area (TPSA) is 38.8 Å². The van der Waals surface area contributed by atoms with Gasteiger partial charge in [0.1, 0.15) is 0 Å². The number of rotatable bonds is 5. The van der Waals surface area contributed by atoms with Crippen molar-refractivity contribution in [2.45, 2.75) is 19.4 Å². The Morgan fingerprint density at radius 3 is 3.23 bits per heavy atom. The van der Waals surface area contributed by atoms with E-state index in [1.54, 1.807) is 0 Å². The maximum Gasteiger partial charge on any atom is 0.293 e. The highest BCUT2D eigenvalue weighted by molar-refractivity contribution is 5.36. The van der Waals surface area contributed by atoms with Crippen LogP contribution >= 0.6 is 0 Å². The molecule has 1 rings (SSSR count). The van der Waals surface area contributed by atoms with E-state index in [4.69, 9.17) is 4.74 Å². The van der Waals surface area contributed by atoms with Gasteiger partial charge >= 0.3 is 0 Å². The third-order valence-electron chi connectivity index (χ3n) is 2.13. The zero-order valence-electron chi connectivity index (χ0n) is 8.07. The molecule has 13 heavy (non-hydrogen) atoms. The van der Waals surface area contributed by atoms with Crippen LogP contribution in [-0.2, 0) is 14.3 Å². The van der Waals surface area contributed by atoms with Crippen LogP contribution in [0.25, 0.3) is 0 Å². The minimum atomic E-state index is 0.334. The predicted molar refractivity (Wildman–Crippen MR) is 48.5 cm³/mol. The Hall–Kier alpha value is -0.610. The number of hydrogen-bond donors (Lipinski definition) is 0. The van der Waals surface area contributed by atoms with E-state index in [0.717, 1.165) is 32.7 Å². The van der Waals surface area contributed by atoms with Crippen molar-refractivity contribution in [1.29, 1.82) is 0 Å². The summed E-state index contributed by atoms with van der Waals surface area (Å²) in [5.41, 5.74) is 0. The smallest absolute Gasteiger partial charge is 0.293 e. The monoisotopic (exact) mass is 187 g/mol. The average molecular weight is 187 g/mol. The molecule has 76 valence electrons. The maximum absolute atomic E-state index is 9.85. The molecule has 4 nitrogen and oxygen atoms in total. The van der Waals surface area contributed by atoms with Crippen molar-refractivity contribution in [1.82, 2.24) is 4.90 Å². The Balaban J connectivity index is 2.03. The Morgan fingerprint density at radius 1 is 1.69 bits per heavy atom. The van der Waals surface area contributed by atoms with E-state index in [9.17, 15) is 4.79 Å². The number of morpholine rings is 1. The minimum Gasteiger partial charge on any atom is -0.468 e. The lowest BCUT2D eigenvalue weighted by molar-refractivity contribution is -0.129. The number of carbonyl (C=O) groups excluding carboxylic acids is 1. The highest BCUT2D eigenvalue weighted by Gasteiger charge is 2.15. The first-order chi connectivity index (χ1) is 6.33. The van der Waals surface area contributed by atoms with Gasteiger partial charge in [-0.3, -0.25) is 9.69 Å². The van der Waals surface area contributed by atoms with Crippen molar-refractivity contribution in [2.24, 2.45) is 0 Å². The molecule has 0 N–H and O–H groups in total. The molecule has 0 bridgehead atoms. The van der Waals surface area contributed by atoms with Gasteiger partial charge in [-0.15, -0.1) is 0 Å². The molecule has 1 fully saturated rings. The Kier molecular flexibility index (Phi) is 4.78. The molecule has 0 aromatic heterocycles. The molecular weight excluding hydrogens is 170 g/mol. The van der Waals surface area contributed by atoms with Crippen LogP contribution < -0.4 is 0 Å². The first-order valence-corrected chi connectivity index (χ1v) is 4.72. The fourth-order valence-electron chi connectivity index (χ4n) is 1.51. The molecule has 0 radical (unpaired) electrons. The van der Waals surface area contributed by atoms with Crippen molar-refractivity contribution < 1.29 is 14.3 Å². The second kappa shape index (κ2) is 5.94. The van der Waals surface area contributed by atoms with Gasteiger partial charge in [0.15, 0.2) is 0 Å². The van der Waals surface area contributed by atoms with Gasteiger partial charge in [0.2, 0.25) is 0 Å². The Labute approximate surface area is 78.8 Å². The van der Waals surface area contributed by atoms with Crippen molar-refractivity contribution >= 4 is 6.47 Å². The zero-order chi connectivity index (χ0) is 9.52. The summed E-state index contributed by atoms with van der Waals surface area (Å²) < 4.78 is 10.0. The summed E-state index contributed by atoms with van der Waals surface area (Å²) in [5.74, 6) is 0. The summed E-state index contributed by atoms with van der Waals surface area (Å²) in [6.07, 6.45) is 1.24. The van der Waals surface area contributed by atoms with E-state index in [1.165, 1.54) is 0 Å². The molecule has 1 atom stereocenters. The van der Waals surface area contributed by atoms with Crippen molar-refractivity contribution in [3.8, 4) is 0 Å². The standard InChI is InChI=1S/C9H17NO3/c1-9-7-10(4-6-13-9)3-2-5-12-8-11/h8-9H,2-7H2,1H3. The van der Waals surface area contributed by atoms with Crippen LogP contribution in [0.5, 0.6) is 0 Å². The second-order valence-corrected chi connectivity index (χ2v) is 3.30. The highest BCUT2D eigenvalue weighted by Crippen LogP contribution is 2.04. The van der Waals surface area contributed by atoms with Crippen LogP contribution in [0.1, 0.15) is 13.3 Å². The fourth-order valence-corrected chi connectivity index (χ4v) is 1.51. The number of hydrogen-bond acceptors (Lipinski definition) is 4. The molecule has 1 heterocycles. The van der Waals surface area contributed by atoms with E-state index in [1.807, 2.05) is 0 Å². The Bertz CT molecular complexity index is 152. The molecule has 1 saturated heterocycles. The Morgan fingerprint density at radius 2 is 2.54 bits per heavy atom. The molecule has 0 saturated carbocycles. The van der Waals surface area contributed by atoms with E-state index in [2.05, 4.69) is 16.6 Å². The molecule has 0 aliphatic carbocycles. The molecule has 4 heteroatoms.